The number of aliphatic imine (C=N–C) groups is 4. The summed E-state index contributed by atoms with van der Waals surface area (Å²) in [7, 11) is 0. The molecule has 0 saturated heterocycles. The van der Waals surface area contributed by atoms with Gasteiger partial charge < -0.3 is 55.7 Å². The topological polar surface area (TPSA) is 287 Å². The van der Waals surface area contributed by atoms with Crippen LogP contribution in [0, 0.1) is 0 Å². The van der Waals surface area contributed by atoms with Gasteiger partial charge in [-0.05, 0) is 12.5 Å². The molecule has 2 aromatic rings. The van der Waals surface area contributed by atoms with Crippen molar-refractivity contribution in [2.24, 2.45) is 65.8 Å². The van der Waals surface area contributed by atoms with Crippen LogP contribution in [0.3, 0.4) is 0 Å². The highest BCUT2D eigenvalue weighted by atomic mass is 16.5. The van der Waals surface area contributed by atoms with Gasteiger partial charge in [0.15, 0.2) is 29.6 Å². The van der Waals surface area contributed by atoms with Crippen molar-refractivity contribution < 1.29 is 9.84 Å². The maximum Gasteiger partial charge on any atom is 0.191 e. The summed E-state index contributed by atoms with van der Waals surface area (Å²) < 4.78 is 6.38. The molecule has 0 bridgehead atoms. The first kappa shape index (κ1) is 24.2. The first-order valence-corrected chi connectivity index (χ1v) is 10.3. The lowest BCUT2D eigenvalue weighted by Crippen LogP contribution is -2.48. The van der Waals surface area contributed by atoms with Gasteiger partial charge in [-0.15, -0.1) is 0 Å². The van der Waals surface area contributed by atoms with Crippen LogP contribution < -0.4 is 50.6 Å². The minimum atomic E-state index is -0.906. The van der Waals surface area contributed by atoms with Gasteiger partial charge in [0.25, 0.3) is 0 Å². The summed E-state index contributed by atoms with van der Waals surface area (Å²) in [6, 6.07) is 7.69. The Morgan fingerprint density at radius 1 is 0.735 bits per heavy atom. The van der Waals surface area contributed by atoms with Gasteiger partial charge in [0, 0.05) is 17.2 Å². The molecular weight excluding hydrogens is 440 g/mol. The van der Waals surface area contributed by atoms with E-state index in [1.54, 1.807) is 12.1 Å². The number of aliphatic hydroxyl groups is 1. The molecule has 1 aliphatic carbocycles. The second kappa shape index (κ2) is 9.99. The Balaban J connectivity index is 2.14. The van der Waals surface area contributed by atoms with Crippen LogP contribution in [0.1, 0.15) is 12.8 Å². The highest BCUT2D eigenvalue weighted by Crippen LogP contribution is 2.43. The predicted molar refractivity (Wildman–Crippen MR) is 134 cm³/mol. The van der Waals surface area contributed by atoms with Crippen molar-refractivity contribution in [2.75, 3.05) is 0 Å². The molecule has 1 aliphatic rings. The molecule has 0 heterocycles. The summed E-state index contributed by atoms with van der Waals surface area (Å²) in [4.78, 5) is 16.7. The summed E-state index contributed by atoms with van der Waals surface area (Å²) in [5, 5.41) is 12.0. The van der Waals surface area contributed by atoms with E-state index in [1.165, 1.54) is 0 Å². The van der Waals surface area contributed by atoms with Gasteiger partial charge in [-0.2, -0.15) is 0 Å². The molecule has 1 fully saturated rings. The average Bonchev–Trinajstić information content (AvgIpc) is 2.72. The fraction of sp³-hybridized carbons (Fsp3) is 0.300. The monoisotopic (exact) mass is 470 g/mol. The van der Waals surface area contributed by atoms with Crippen molar-refractivity contribution in [1.82, 2.24) is 0 Å². The normalized spacial score (nSPS) is 21.8. The second-order valence-electron chi connectivity index (χ2n) is 7.80. The van der Waals surface area contributed by atoms with Gasteiger partial charge in [-0.25, -0.2) is 20.0 Å². The molecule has 2 aromatic carbocycles. The number of rotatable bonds is 6. The number of fused-ring (bicyclic) bond motifs is 1. The average molecular weight is 471 g/mol. The molecule has 4 atom stereocenters. The highest BCUT2D eigenvalue weighted by Gasteiger charge is 2.38. The zero-order valence-electron chi connectivity index (χ0n) is 18.4. The van der Waals surface area contributed by atoms with Crippen LogP contribution in [0.2, 0.25) is 0 Å². The third kappa shape index (κ3) is 5.66. The summed E-state index contributed by atoms with van der Waals surface area (Å²) >= 11 is 0. The number of benzene rings is 2. The minimum Gasteiger partial charge on any atom is -0.485 e. The molecule has 3 rings (SSSR count). The summed E-state index contributed by atoms with van der Waals surface area (Å²) in [6.45, 7) is 0. The van der Waals surface area contributed by atoms with E-state index >= 15 is 0 Å². The van der Waals surface area contributed by atoms with E-state index in [0.29, 0.717) is 22.2 Å². The quantitative estimate of drug-likeness (QED) is 0.162. The number of hydrogen-bond donors (Lipinski definition) is 9. The maximum absolute atomic E-state index is 10.7. The molecule has 17 N–H and O–H groups in total. The Labute approximate surface area is 195 Å². The zero-order valence-corrected chi connectivity index (χ0v) is 18.4. The van der Waals surface area contributed by atoms with Gasteiger partial charge in [-0.1, -0.05) is 24.3 Å². The smallest absolute Gasteiger partial charge is 0.191 e. The van der Waals surface area contributed by atoms with Gasteiger partial charge >= 0.3 is 0 Å². The molecule has 34 heavy (non-hydrogen) atoms. The Kier molecular flexibility index (Phi) is 7.11. The van der Waals surface area contributed by atoms with Crippen LogP contribution in [0.25, 0.3) is 10.8 Å². The number of aliphatic hydroxyl groups excluding tert-OH is 1. The number of ether oxygens (including phenoxy) is 1. The van der Waals surface area contributed by atoms with E-state index in [0.717, 1.165) is 0 Å². The summed E-state index contributed by atoms with van der Waals surface area (Å²) in [5.41, 5.74) is 45.5. The molecule has 0 amide bonds. The zero-order chi connectivity index (χ0) is 25.0. The van der Waals surface area contributed by atoms with Crippen molar-refractivity contribution >= 4 is 46.0 Å². The summed E-state index contributed by atoms with van der Waals surface area (Å²) in [5.74, 6) is -0.289. The molecule has 0 aromatic heterocycles. The first-order valence-electron chi connectivity index (χ1n) is 10.3. The van der Waals surface area contributed by atoms with Gasteiger partial charge in [-0.3, -0.25) is 0 Å². The molecule has 14 heteroatoms. The minimum absolute atomic E-state index is 0.133. The Morgan fingerprint density at radius 3 is 1.88 bits per heavy atom. The SMILES string of the molecule is NC(N)=Nc1cc(N=C(N)N)c2ccccc2c1O[C@H]1C[C@@H](O)[C@H](N=C(N)N)C[C@@H]1N=C(N)N. The Morgan fingerprint density at radius 2 is 1.29 bits per heavy atom. The van der Waals surface area contributed by atoms with Crippen molar-refractivity contribution in [2.45, 2.75) is 37.1 Å². The van der Waals surface area contributed by atoms with Crippen LogP contribution in [0.15, 0.2) is 50.3 Å². The van der Waals surface area contributed by atoms with Crippen molar-refractivity contribution in [1.29, 1.82) is 0 Å². The lowest BCUT2D eigenvalue weighted by molar-refractivity contribution is 0.0289. The number of nitrogens with zero attached hydrogens (tertiary/aromatic N) is 4. The van der Waals surface area contributed by atoms with Crippen LogP contribution >= 0.6 is 0 Å². The van der Waals surface area contributed by atoms with Crippen LogP contribution in [-0.4, -0.2) is 53.2 Å². The van der Waals surface area contributed by atoms with Gasteiger partial charge in [0.1, 0.15) is 11.8 Å². The van der Waals surface area contributed by atoms with E-state index in [2.05, 4.69) is 20.0 Å². The molecule has 0 radical (unpaired) electrons. The first-order chi connectivity index (χ1) is 16.0. The number of guanidine groups is 4. The van der Waals surface area contributed by atoms with E-state index in [-0.39, 0.29) is 42.4 Å². The lowest BCUT2D eigenvalue weighted by Gasteiger charge is -2.36. The molecule has 1 saturated carbocycles. The van der Waals surface area contributed by atoms with Gasteiger partial charge in [0.2, 0.25) is 0 Å². The Hall–Kier alpha value is -4.46. The van der Waals surface area contributed by atoms with E-state index in [9.17, 15) is 5.11 Å². The lowest BCUT2D eigenvalue weighted by atomic mass is 9.86. The van der Waals surface area contributed by atoms with Crippen molar-refractivity contribution in [3.63, 3.8) is 0 Å². The molecular formula is C20H30N12O2. The van der Waals surface area contributed by atoms with E-state index in [1.807, 2.05) is 18.2 Å². The maximum atomic E-state index is 10.7. The van der Waals surface area contributed by atoms with Crippen molar-refractivity contribution in [3.8, 4) is 5.75 Å². The summed E-state index contributed by atoms with van der Waals surface area (Å²) in [6.07, 6.45) is -1.19. The molecule has 14 nitrogen and oxygen atoms in total. The van der Waals surface area contributed by atoms with E-state index < -0.39 is 24.3 Å². The largest absolute Gasteiger partial charge is 0.485 e. The van der Waals surface area contributed by atoms with Crippen LogP contribution in [0.5, 0.6) is 5.75 Å². The fourth-order valence-corrected chi connectivity index (χ4v) is 3.94. The number of hydrogen-bond acceptors (Lipinski definition) is 6. The fourth-order valence-electron chi connectivity index (χ4n) is 3.94. The standard InChI is InChI=1S/C20H30N12O2/c21-17(22)29-10-5-13(32-20(27)28)16(9-4-2-1-3-8(9)10)34-15-7-14(33)11(30-18(23)24)6-12(15)31-19(25)26/h1-5,11-12,14-15,33H,6-7H2,(H4,21,22,29)(H4,23,24,30)(H4,25,26,31)(H4,27,28,32)/t11-,12+,14-,15+/m1/s1. The van der Waals surface area contributed by atoms with Crippen LogP contribution in [-0.2, 0) is 0 Å². The highest BCUT2D eigenvalue weighted by molar-refractivity contribution is 6.03. The molecule has 0 aliphatic heterocycles. The van der Waals surface area contributed by atoms with Crippen LogP contribution in [0.4, 0.5) is 11.4 Å². The predicted octanol–water partition coefficient (Wildman–Crippen LogP) is -2.16. The van der Waals surface area contributed by atoms with Gasteiger partial charge in [0.05, 0.1) is 23.9 Å². The van der Waals surface area contributed by atoms with E-state index in [4.69, 9.17) is 50.6 Å². The third-order valence-corrected chi connectivity index (χ3v) is 5.18. The number of nitrogens with two attached hydrogens (primary N) is 8. The Bertz CT molecular complexity index is 1160. The van der Waals surface area contributed by atoms with Crippen molar-refractivity contribution in [3.05, 3.63) is 30.3 Å². The third-order valence-electron chi connectivity index (χ3n) is 5.18. The molecule has 182 valence electrons. The second-order valence-corrected chi connectivity index (χ2v) is 7.80. The molecule has 0 unspecified atom stereocenters. The molecule has 0 spiro atoms.